The van der Waals surface area contributed by atoms with Crippen molar-refractivity contribution in [2.75, 3.05) is 17.3 Å². The third kappa shape index (κ3) is 3.50. The maximum atomic E-state index is 12.9. The van der Waals surface area contributed by atoms with E-state index in [-0.39, 0.29) is 10.7 Å². The largest absolute Gasteiger partial charge is 0.495 e. The van der Waals surface area contributed by atoms with Gasteiger partial charge in [0.2, 0.25) is 0 Å². The second kappa shape index (κ2) is 7.43. The standard InChI is InChI=1S/C19H15Cl3N2O3/c1-9-4-5-11(7-12(9)20)24-18(25)16(22)17(19(24)26)23-14-6-10(2)13(21)8-15(14)27-3/h4-8,23H,1-3H3. The van der Waals surface area contributed by atoms with Gasteiger partial charge in [-0.1, -0.05) is 40.9 Å². The van der Waals surface area contributed by atoms with Crippen LogP contribution in [0.3, 0.4) is 0 Å². The molecule has 0 atom stereocenters. The van der Waals surface area contributed by atoms with Crippen molar-refractivity contribution in [1.82, 2.24) is 0 Å². The minimum Gasteiger partial charge on any atom is -0.495 e. The van der Waals surface area contributed by atoms with Crippen molar-refractivity contribution in [2.45, 2.75) is 13.8 Å². The molecule has 0 unspecified atom stereocenters. The van der Waals surface area contributed by atoms with Gasteiger partial charge in [-0.2, -0.15) is 0 Å². The molecular weight excluding hydrogens is 411 g/mol. The SMILES string of the molecule is COc1cc(Cl)c(C)cc1NC1=C(Cl)C(=O)N(c2ccc(C)c(Cl)c2)C1=O. The number of benzene rings is 2. The molecule has 140 valence electrons. The van der Waals surface area contributed by atoms with E-state index in [9.17, 15) is 9.59 Å². The van der Waals surface area contributed by atoms with Crippen LogP contribution in [0.1, 0.15) is 11.1 Å². The summed E-state index contributed by atoms with van der Waals surface area (Å²) in [5.41, 5.74) is 2.37. The fourth-order valence-electron chi connectivity index (χ4n) is 2.63. The summed E-state index contributed by atoms with van der Waals surface area (Å²) < 4.78 is 5.29. The van der Waals surface area contributed by atoms with E-state index >= 15 is 0 Å². The van der Waals surface area contributed by atoms with Crippen LogP contribution in [0.15, 0.2) is 41.1 Å². The second-order valence-corrected chi connectivity index (χ2v) is 7.19. The van der Waals surface area contributed by atoms with E-state index in [0.717, 1.165) is 16.0 Å². The van der Waals surface area contributed by atoms with Crippen molar-refractivity contribution < 1.29 is 14.3 Å². The van der Waals surface area contributed by atoms with Gasteiger partial charge in [-0.25, -0.2) is 4.90 Å². The van der Waals surface area contributed by atoms with Gasteiger partial charge in [-0.3, -0.25) is 9.59 Å². The Hall–Kier alpha value is -2.21. The predicted octanol–water partition coefficient (Wildman–Crippen LogP) is 5.05. The minimum atomic E-state index is -0.631. The lowest BCUT2D eigenvalue weighted by Gasteiger charge is -2.17. The van der Waals surface area contributed by atoms with Crippen LogP contribution in [0.4, 0.5) is 11.4 Å². The highest BCUT2D eigenvalue weighted by Gasteiger charge is 2.39. The lowest BCUT2D eigenvalue weighted by atomic mass is 10.2. The van der Waals surface area contributed by atoms with Gasteiger partial charge in [0.05, 0.1) is 18.5 Å². The molecule has 1 aliphatic rings. The number of nitrogens with one attached hydrogen (secondary N) is 1. The summed E-state index contributed by atoms with van der Waals surface area (Å²) in [5, 5.41) is 3.65. The molecule has 5 nitrogen and oxygen atoms in total. The molecular formula is C19H15Cl3N2O3. The van der Waals surface area contributed by atoms with Gasteiger partial charge in [-0.05, 0) is 43.2 Å². The molecule has 1 N–H and O–H groups in total. The van der Waals surface area contributed by atoms with E-state index in [1.807, 2.05) is 13.8 Å². The highest BCUT2D eigenvalue weighted by atomic mass is 35.5. The number of methoxy groups -OCH3 is 1. The Kier molecular flexibility index (Phi) is 5.38. The first-order valence-corrected chi connectivity index (χ1v) is 9.04. The molecule has 2 aromatic rings. The third-order valence-electron chi connectivity index (χ3n) is 4.18. The number of carbonyl (C=O) groups excluding carboxylic acids is 2. The molecule has 8 heteroatoms. The minimum absolute atomic E-state index is 0.0432. The average molecular weight is 426 g/mol. The number of hydrogen-bond acceptors (Lipinski definition) is 4. The summed E-state index contributed by atoms with van der Waals surface area (Å²) in [4.78, 5) is 26.4. The molecule has 0 fully saturated rings. The summed E-state index contributed by atoms with van der Waals surface area (Å²) in [5.74, 6) is -0.798. The average Bonchev–Trinajstić information content (AvgIpc) is 2.84. The molecule has 0 saturated heterocycles. The van der Waals surface area contributed by atoms with E-state index in [2.05, 4.69) is 5.32 Å². The van der Waals surface area contributed by atoms with Crippen molar-refractivity contribution in [3.63, 3.8) is 0 Å². The number of hydrogen-bond donors (Lipinski definition) is 1. The molecule has 2 amide bonds. The molecule has 0 aromatic heterocycles. The number of halogens is 3. The highest BCUT2D eigenvalue weighted by Crippen LogP contribution is 2.36. The molecule has 0 saturated carbocycles. The van der Waals surface area contributed by atoms with Crippen LogP contribution in [-0.2, 0) is 9.59 Å². The Morgan fingerprint density at radius 3 is 2.22 bits per heavy atom. The topological polar surface area (TPSA) is 58.6 Å². The highest BCUT2D eigenvalue weighted by molar-refractivity contribution is 6.53. The zero-order chi connectivity index (χ0) is 19.9. The van der Waals surface area contributed by atoms with Crippen molar-refractivity contribution in [3.8, 4) is 5.75 Å². The smallest absolute Gasteiger partial charge is 0.283 e. The first-order valence-electron chi connectivity index (χ1n) is 7.90. The van der Waals surface area contributed by atoms with Gasteiger partial charge in [0.15, 0.2) is 0 Å². The molecule has 1 aliphatic heterocycles. The Morgan fingerprint density at radius 2 is 1.59 bits per heavy atom. The molecule has 0 radical (unpaired) electrons. The van der Waals surface area contributed by atoms with E-state index in [1.54, 1.807) is 30.3 Å². The molecule has 3 rings (SSSR count). The molecule has 2 aromatic carbocycles. The molecule has 1 heterocycles. The number of carbonyl (C=O) groups is 2. The third-order valence-corrected chi connectivity index (χ3v) is 5.35. The summed E-state index contributed by atoms with van der Waals surface area (Å²) in [6.07, 6.45) is 0. The maximum absolute atomic E-state index is 12.9. The maximum Gasteiger partial charge on any atom is 0.283 e. The van der Waals surface area contributed by atoms with E-state index in [4.69, 9.17) is 39.5 Å². The van der Waals surface area contributed by atoms with Crippen LogP contribution in [0.25, 0.3) is 0 Å². The van der Waals surface area contributed by atoms with Crippen molar-refractivity contribution >= 4 is 58.0 Å². The van der Waals surface area contributed by atoms with E-state index < -0.39 is 11.8 Å². The number of nitrogens with zero attached hydrogens (tertiary/aromatic N) is 1. The fourth-order valence-corrected chi connectivity index (χ4v) is 3.17. The summed E-state index contributed by atoms with van der Waals surface area (Å²) in [7, 11) is 1.48. The lowest BCUT2D eigenvalue weighted by molar-refractivity contribution is -0.120. The van der Waals surface area contributed by atoms with Gasteiger partial charge in [0.1, 0.15) is 16.5 Å². The second-order valence-electron chi connectivity index (χ2n) is 5.99. The summed E-state index contributed by atoms with van der Waals surface area (Å²) in [6, 6.07) is 8.24. The molecule has 0 spiro atoms. The van der Waals surface area contributed by atoms with Crippen LogP contribution in [-0.4, -0.2) is 18.9 Å². The lowest BCUT2D eigenvalue weighted by Crippen LogP contribution is -2.32. The number of rotatable bonds is 4. The zero-order valence-electron chi connectivity index (χ0n) is 14.7. The van der Waals surface area contributed by atoms with Gasteiger partial charge >= 0.3 is 0 Å². The predicted molar refractivity (Wildman–Crippen MR) is 108 cm³/mol. The molecule has 27 heavy (non-hydrogen) atoms. The summed E-state index contributed by atoms with van der Waals surface area (Å²) >= 11 is 18.4. The number of anilines is 2. The zero-order valence-corrected chi connectivity index (χ0v) is 17.0. The van der Waals surface area contributed by atoms with Crippen LogP contribution in [0.5, 0.6) is 5.75 Å². The van der Waals surface area contributed by atoms with Crippen LogP contribution in [0, 0.1) is 13.8 Å². The monoisotopic (exact) mass is 424 g/mol. The first-order chi connectivity index (χ1) is 12.7. The van der Waals surface area contributed by atoms with Gasteiger partial charge in [-0.15, -0.1) is 0 Å². The Morgan fingerprint density at radius 1 is 0.926 bits per heavy atom. The van der Waals surface area contributed by atoms with Crippen LogP contribution in [0.2, 0.25) is 10.0 Å². The Labute approximate surface area is 171 Å². The Bertz CT molecular complexity index is 1000. The van der Waals surface area contributed by atoms with Crippen molar-refractivity contribution in [2.24, 2.45) is 0 Å². The summed E-state index contributed by atoms with van der Waals surface area (Å²) in [6.45, 7) is 3.64. The molecule has 0 aliphatic carbocycles. The number of ether oxygens (including phenoxy) is 1. The van der Waals surface area contributed by atoms with Crippen molar-refractivity contribution in [3.05, 3.63) is 62.2 Å². The van der Waals surface area contributed by atoms with E-state index in [0.29, 0.717) is 27.2 Å². The van der Waals surface area contributed by atoms with Crippen LogP contribution < -0.4 is 15.0 Å². The van der Waals surface area contributed by atoms with Gasteiger partial charge < -0.3 is 10.1 Å². The quantitative estimate of drug-likeness (QED) is 0.696. The number of aryl methyl sites for hydroxylation is 2. The normalized spacial score (nSPS) is 14.2. The number of amides is 2. The van der Waals surface area contributed by atoms with E-state index in [1.165, 1.54) is 7.11 Å². The number of imide groups is 1. The molecule has 0 bridgehead atoms. The van der Waals surface area contributed by atoms with Gasteiger partial charge in [0.25, 0.3) is 11.8 Å². The Balaban J connectivity index is 1.98. The first kappa shape index (κ1) is 19.5. The van der Waals surface area contributed by atoms with Gasteiger partial charge in [0, 0.05) is 16.1 Å². The van der Waals surface area contributed by atoms with Crippen LogP contribution >= 0.6 is 34.8 Å². The fraction of sp³-hybridized carbons (Fsp3) is 0.158. The van der Waals surface area contributed by atoms with Crippen molar-refractivity contribution in [1.29, 1.82) is 0 Å².